The average Bonchev–Trinajstić information content (AvgIpc) is 2.98. The number of halogens is 14. The summed E-state index contributed by atoms with van der Waals surface area (Å²) in [6, 6.07) is 9.16. The van der Waals surface area contributed by atoms with Crippen LogP contribution in [0, 0.1) is 11.3 Å². The van der Waals surface area contributed by atoms with Crippen molar-refractivity contribution in [3.05, 3.63) is 64.0 Å². The first-order chi connectivity index (χ1) is 23.4. The van der Waals surface area contributed by atoms with Crippen LogP contribution in [0.3, 0.4) is 0 Å². The molecule has 0 saturated heterocycles. The molecule has 2 aromatic carbocycles. The number of hydrogen-bond acceptors (Lipinski definition) is 2. The van der Waals surface area contributed by atoms with E-state index in [2.05, 4.69) is 15.3 Å². The summed E-state index contributed by atoms with van der Waals surface area (Å²) in [6.07, 6.45) is -14.2. The summed E-state index contributed by atoms with van der Waals surface area (Å²) in [6.45, 7) is 12.8. The Labute approximate surface area is 313 Å². The molecule has 0 fully saturated rings. The van der Waals surface area contributed by atoms with Crippen molar-refractivity contribution >= 4 is 23.0 Å². The van der Waals surface area contributed by atoms with Crippen LogP contribution in [0.2, 0.25) is 0 Å². The Morgan fingerprint density at radius 3 is 1.19 bits per heavy atom. The van der Waals surface area contributed by atoms with Gasteiger partial charge in [0, 0.05) is 6.92 Å². The predicted molar refractivity (Wildman–Crippen MR) is 170 cm³/mol. The van der Waals surface area contributed by atoms with Crippen molar-refractivity contribution in [2.45, 2.75) is 122 Å². The zero-order valence-corrected chi connectivity index (χ0v) is 31.1. The fourth-order valence-corrected chi connectivity index (χ4v) is 4.56. The molecule has 0 aliphatic heterocycles. The van der Waals surface area contributed by atoms with Gasteiger partial charge in [-0.15, -0.1) is 0 Å². The van der Waals surface area contributed by atoms with E-state index in [0.717, 1.165) is 0 Å². The topological polar surface area (TPSA) is 62.6 Å². The summed E-state index contributed by atoms with van der Waals surface area (Å²) < 4.78 is 201. The van der Waals surface area contributed by atoms with E-state index in [1.54, 1.807) is 6.07 Å². The molecule has 0 radical (unpaired) electrons. The van der Waals surface area contributed by atoms with Crippen LogP contribution in [0.4, 0.5) is 72.8 Å². The monoisotopic (exact) mass is 874 g/mol. The van der Waals surface area contributed by atoms with Crippen LogP contribution < -0.4 is 0 Å². The first-order valence-corrected chi connectivity index (χ1v) is 15.5. The van der Waals surface area contributed by atoms with Gasteiger partial charge >= 0.3 is 58.4 Å². The van der Waals surface area contributed by atoms with Crippen molar-refractivity contribution in [2.24, 2.45) is 9.98 Å². The predicted octanol–water partition coefficient (Wildman–Crippen LogP) is 13.5. The second kappa shape index (κ2) is 18.0. The molecule has 0 N–H and O–H groups in total. The Kier molecular flexibility index (Phi) is 16.9. The largest absolute Gasteiger partial charge is 1.00 e. The molecule has 0 amide bonds. The molecule has 0 spiro atoms. The number of nitrogens with zero attached hydrogens (tertiary/aromatic N) is 4. The molecule has 0 heterocycles. The average molecular weight is 876 g/mol. The van der Waals surface area contributed by atoms with Gasteiger partial charge in [-0.3, -0.25) is 4.99 Å². The maximum atomic E-state index is 15.5. The van der Waals surface area contributed by atoms with Gasteiger partial charge in [0.2, 0.25) is 0 Å². The SMILES string of the molecule is CC#N.CC(C)c1cccc(C(C)C)c1N=C(N=C([N-]c1c(C(C)C)cccc1C(C)C)C(F)(F)C(F)(F)C(F)(F)F)C(F)(F)C(F)(F)C(F)(F)F.[Ag+]. The van der Waals surface area contributed by atoms with Gasteiger partial charge in [-0.05, 0) is 57.4 Å². The zero-order valence-electron chi connectivity index (χ0n) is 29.7. The Bertz CT molecular complexity index is 1580. The van der Waals surface area contributed by atoms with E-state index in [-0.39, 0.29) is 44.6 Å². The summed E-state index contributed by atoms with van der Waals surface area (Å²) in [5.74, 6) is -37.0. The van der Waals surface area contributed by atoms with Crippen LogP contribution in [0.5, 0.6) is 0 Å². The van der Waals surface area contributed by atoms with Crippen molar-refractivity contribution in [1.82, 2.24) is 0 Å². The molecule has 0 aliphatic rings. The van der Waals surface area contributed by atoms with E-state index in [4.69, 9.17) is 5.26 Å². The van der Waals surface area contributed by atoms with Crippen molar-refractivity contribution in [2.75, 3.05) is 0 Å². The van der Waals surface area contributed by atoms with Gasteiger partial charge in [0.25, 0.3) is 0 Å². The minimum absolute atomic E-state index is 0. The minimum Gasteiger partial charge on any atom is -0.434 e. The standard InChI is InChI=1S/C32H34F14N3.C2H3N.Ag/c1-15(2)19-11-9-12-20(16(3)4)23(19)47-25(27(33,34)29(37,38)31(41,42)43)49-26(28(35,36)30(39,40)32(44,45)46)48-24-21(17(5)6)13-10-14-22(24)18(7)8;1-2-3;/h9-18H,1-8H3;1H3;/q-1;;+1. The van der Waals surface area contributed by atoms with Gasteiger partial charge in [-0.2, -0.15) is 66.7 Å². The quantitative estimate of drug-likeness (QED) is 0.101. The second-order valence-corrected chi connectivity index (χ2v) is 12.7. The van der Waals surface area contributed by atoms with Gasteiger partial charge in [-0.1, -0.05) is 91.8 Å². The smallest absolute Gasteiger partial charge is 0.434 e. The van der Waals surface area contributed by atoms with E-state index in [1.807, 2.05) is 0 Å². The van der Waals surface area contributed by atoms with Crippen molar-refractivity contribution in [3.8, 4) is 6.07 Å². The maximum absolute atomic E-state index is 15.5. The number of aliphatic imine (C=N–C) groups is 2. The molecule has 4 nitrogen and oxygen atoms in total. The van der Waals surface area contributed by atoms with E-state index < -0.39 is 82.8 Å². The Morgan fingerprint density at radius 2 is 0.887 bits per heavy atom. The fourth-order valence-electron chi connectivity index (χ4n) is 4.56. The molecule has 53 heavy (non-hydrogen) atoms. The number of para-hydroxylation sites is 2. The van der Waals surface area contributed by atoms with Gasteiger partial charge in [0.05, 0.1) is 11.8 Å². The van der Waals surface area contributed by atoms with E-state index >= 15 is 17.6 Å². The van der Waals surface area contributed by atoms with Crippen molar-refractivity contribution in [1.29, 1.82) is 5.26 Å². The van der Waals surface area contributed by atoms with Crippen LogP contribution in [-0.4, -0.2) is 47.7 Å². The van der Waals surface area contributed by atoms with E-state index in [9.17, 15) is 43.9 Å². The summed E-state index contributed by atoms with van der Waals surface area (Å²) in [4.78, 5) is 5.60. The minimum atomic E-state index is -7.15. The van der Waals surface area contributed by atoms with Crippen LogP contribution in [0.15, 0.2) is 46.4 Å². The number of hydrogen-bond donors (Lipinski definition) is 0. The molecular formula is C34H37AgF14N4. The normalized spacial score (nSPS) is 13.9. The van der Waals surface area contributed by atoms with Crippen molar-refractivity contribution < 1.29 is 83.8 Å². The summed E-state index contributed by atoms with van der Waals surface area (Å²) in [7, 11) is 0. The molecule has 0 aliphatic carbocycles. The number of amidine groups is 2. The third-order valence-electron chi connectivity index (χ3n) is 7.39. The summed E-state index contributed by atoms with van der Waals surface area (Å²) in [5.41, 5.74) is -1.96. The number of alkyl halides is 14. The number of benzene rings is 2. The van der Waals surface area contributed by atoms with Crippen LogP contribution in [-0.2, 0) is 22.4 Å². The van der Waals surface area contributed by atoms with Gasteiger partial charge in [0.15, 0.2) is 0 Å². The Morgan fingerprint density at radius 1 is 0.585 bits per heavy atom. The van der Waals surface area contributed by atoms with Crippen LogP contribution in [0.25, 0.3) is 5.32 Å². The molecule has 19 heteroatoms. The Balaban J connectivity index is 0.00000652. The molecule has 0 aromatic heterocycles. The molecule has 0 unspecified atom stereocenters. The first-order valence-electron chi connectivity index (χ1n) is 15.5. The fraction of sp³-hybridized carbons (Fsp3) is 0.559. The van der Waals surface area contributed by atoms with E-state index in [0.29, 0.717) is 0 Å². The first kappa shape index (κ1) is 49.8. The molecule has 0 saturated carbocycles. The van der Waals surface area contributed by atoms with Crippen molar-refractivity contribution in [3.63, 3.8) is 0 Å². The molecule has 2 rings (SSSR count). The summed E-state index contributed by atoms with van der Waals surface area (Å²) in [5, 5.41) is 10.5. The van der Waals surface area contributed by atoms with E-state index in [1.165, 1.54) is 98.7 Å². The molecule has 2 aromatic rings. The van der Waals surface area contributed by atoms with Crippen LogP contribution >= 0.6 is 0 Å². The second-order valence-electron chi connectivity index (χ2n) is 12.7. The van der Waals surface area contributed by atoms with Gasteiger partial charge in [0.1, 0.15) is 5.84 Å². The third kappa shape index (κ3) is 10.5. The van der Waals surface area contributed by atoms with Gasteiger partial charge in [-0.25, -0.2) is 0 Å². The maximum Gasteiger partial charge on any atom is 1.00 e. The molecule has 0 atom stereocenters. The van der Waals surface area contributed by atoms with Gasteiger partial charge < -0.3 is 10.3 Å². The number of nitriles is 1. The number of rotatable bonds is 10. The Hall–Kier alpha value is -3.17. The van der Waals surface area contributed by atoms with Crippen LogP contribution in [0.1, 0.15) is 108 Å². The molecular weight excluding hydrogens is 838 g/mol. The summed E-state index contributed by atoms with van der Waals surface area (Å²) >= 11 is 0. The molecule has 0 bridgehead atoms. The molecule has 302 valence electrons. The third-order valence-corrected chi connectivity index (χ3v) is 7.39. The zero-order chi connectivity index (χ0) is 41.0.